The summed E-state index contributed by atoms with van der Waals surface area (Å²) in [5.74, 6) is 1.94. The molecule has 1 N–H and O–H groups in total. The van der Waals surface area contributed by atoms with Crippen LogP contribution in [-0.2, 0) is 4.74 Å². The number of hydrogen-bond acceptors (Lipinski definition) is 5. The Hall–Kier alpha value is -3.06. The monoisotopic (exact) mass is 369 g/mol. The summed E-state index contributed by atoms with van der Waals surface area (Å²) in [7, 11) is 3.25. The maximum absolute atomic E-state index is 12.7. The highest BCUT2D eigenvalue weighted by molar-refractivity contribution is 5.94. The van der Waals surface area contributed by atoms with E-state index in [2.05, 4.69) is 10.4 Å². The molecule has 3 rings (SSSR count). The van der Waals surface area contributed by atoms with Gasteiger partial charge in [-0.25, -0.2) is 4.68 Å². The third kappa shape index (κ3) is 4.38. The molecule has 7 heteroatoms. The number of benzene rings is 1. The van der Waals surface area contributed by atoms with Crippen LogP contribution in [0.1, 0.15) is 22.7 Å². The third-order valence-electron chi connectivity index (χ3n) is 4.06. The lowest BCUT2D eigenvalue weighted by Crippen LogP contribution is -2.27. The van der Waals surface area contributed by atoms with Crippen molar-refractivity contribution in [2.24, 2.45) is 0 Å². The minimum absolute atomic E-state index is 0.205. The van der Waals surface area contributed by atoms with Gasteiger partial charge in [0.2, 0.25) is 0 Å². The Balaban J connectivity index is 1.93. The highest BCUT2D eigenvalue weighted by atomic mass is 16.5. The highest BCUT2D eigenvalue weighted by Crippen LogP contribution is 2.24. The molecule has 0 aliphatic heterocycles. The SMILES string of the molecule is COCCCNC(=O)c1cc(-c2ccc(C)o2)nn1-c1ccc(OC)cc1. The average molecular weight is 369 g/mol. The first-order valence-electron chi connectivity index (χ1n) is 8.71. The van der Waals surface area contributed by atoms with E-state index in [-0.39, 0.29) is 5.91 Å². The Kier molecular flexibility index (Phi) is 5.93. The van der Waals surface area contributed by atoms with Gasteiger partial charge in [0.05, 0.1) is 12.8 Å². The van der Waals surface area contributed by atoms with Crippen molar-refractivity contribution in [1.82, 2.24) is 15.1 Å². The molecule has 1 amide bonds. The van der Waals surface area contributed by atoms with Crippen molar-refractivity contribution in [2.45, 2.75) is 13.3 Å². The molecule has 27 heavy (non-hydrogen) atoms. The van der Waals surface area contributed by atoms with Crippen LogP contribution in [0, 0.1) is 6.92 Å². The molecule has 0 aliphatic rings. The van der Waals surface area contributed by atoms with Gasteiger partial charge < -0.3 is 19.2 Å². The minimum atomic E-state index is -0.205. The Bertz CT molecular complexity index is 896. The molecule has 0 atom stereocenters. The van der Waals surface area contributed by atoms with E-state index in [0.29, 0.717) is 30.3 Å². The van der Waals surface area contributed by atoms with Crippen LogP contribution in [0.25, 0.3) is 17.1 Å². The third-order valence-corrected chi connectivity index (χ3v) is 4.06. The van der Waals surface area contributed by atoms with Crippen LogP contribution in [0.3, 0.4) is 0 Å². The summed E-state index contributed by atoms with van der Waals surface area (Å²) in [5, 5.41) is 7.48. The number of furan rings is 1. The molecule has 2 heterocycles. The fourth-order valence-corrected chi connectivity index (χ4v) is 2.66. The van der Waals surface area contributed by atoms with E-state index in [1.807, 2.05) is 43.3 Å². The second kappa shape index (κ2) is 8.55. The van der Waals surface area contributed by atoms with E-state index in [1.54, 1.807) is 25.0 Å². The summed E-state index contributed by atoms with van der Waals surface area (Å²) in [4.78, 5) is 12.7. The number of aromatic nitrogens is 2. The zero-order chi connectivity index (χ0) is 19.2. The molecule has 0 spiro atoms. The number of ether oxygens (including phenoxy) is 2. The Labute approximate surface area is 157 Å². The topological polar surface area (TPSA) is 78.5 Å². The fraction of sp³-hybridized carbons (Fsp3) is 0.300. The van der Waals surface area contributed by atoms with Gasteiger partial charge in [0.25, 0.3) is 5.91 Å². The predicted octanol–water partition coefficient (Wildman–Crippen LogP) is 3.22. The van der Waals surface area contributed by atoms with Crippen LogP contribution >= 0.6 is 0 Å². The molecule has 3 aromatic rings. The Morgan fingerprint density at radius 1 is 1.19 bits per heavy atom. The maximum Gasteiger partial charge on any atom is 0.270 e. The van der Waals surface area contributed by atoms with Gasteiger partial charge in [0.15, 0.2) is 5.76 Å². The minimum Gasteiger partial charge on any atom is -0.497 e. The first kappa shape index (κ1) is 18.7. The molecule has 0 saturated heterocycles. The van der Waals surface area contributed by atoms with Crippen molar-refractivity contribution in [3.8, 4) is 22.9 Å². The summed E-state index contributed by atoms with van der Waals surface area (Å²) in [6.45, 7) is 2.98. The summed E-state index contributed by atoms with van der Waals surface area (Å²) in [6.07, 6.45) is 0.739. The van der Waals surface area contributed by atoms with Crippen molar-refractivity contribution in [3.63, 3.8) is 0 Å². The zero-order valence-electron chi connectivity index (χ0n) is 15.7. The number of rotatable bonds is 8. The second-order valence-electron chi connectivity index (χ2n) is 6.04. The lowest BCUT2D eigenvalue weighted by atomic mass is 10.2. The van der Waals surface area contributed by atoms with E-state index in [0.717, 1.165) is 23.6 Å². The predicted molar refractivity (Wildman–Crippen MR) is 101 cm³/mol. The van der Waals surface area contributed by atoms with Gasteiger partial charge in [-0.05, 0) is 49.7 Å². The Morgan fingerprint density at radius 3 is 2.59 bits per heavy atom. The lowest BCUT2D eigenvalue weighted by Gasteiger charge is -2.09. The van der Waals surface area contributed by atoms with E-state index < -0.39 is 0 Å². The van der Waals surface area contributed by atoms with Crippen molar-refractivity contribution in [2.75, 3.05) is 27.4 Å². The fourth-order valence-electron chi connectivity index (χ4n) is 2.66. The molecule has 0 saturated carbocycles. The van der Waals surface area contributed by atoms with E-state index >= 15 is 0 Å². The van der Waals surface area contributed by atoms with Gasteiger partial charge in [-0.3, -0.25) is 4.79 Å². The van der Waals surface area contributed by atoms with E-state index in [1.165, 1.54) is 0 Å². The second-order valence-corrected chi connectivity index (χ2v) is 6.04. The van der Waals surface area contributed by atoms with Gasteiger partial charge in [-0.1, -0.05) is 0 Å². The first-order chi connectivity index (χ1) is 13.1. The van der Waals surface area contributed by atoms with Crippen LogP contribution in [0.4, 0.5) is 0 Å². The number of aryl methyl sites for hydroxylation is 1. The standard InChI is InChI=1S/C20H23N3O4/c1-14-5-10-19(27-14)17-13-18(20(24)21-11-4-12-25-2)23(22-17)15-6-8-16(26-3)9-7-15/h5-10,13H,4,11-12H2,1-3H3,(H,21,24). The van der Waals surface area contributed by atoms with Crippen LogP contribution in [0.15, 0.2) is 46.9 Å². The molecule has 0 aliphatic carbocycles. The zero-order valence-corrected chi connectivity index (χ0v) is 15.7. The summed E-state index contributed by atoms with van der Waals surface area (Å²) >= 11 is 0. The van der Waals surface area contributed by atoms with Gasteiger partial charge in [-0.2, -0.15) is 5.10 Å². The molecule has 0 unspecified atom stereocenters. The van der Waals surface area contributed by atoms with Gasteiger partial charge in [-0.15, -0.1) is 0 Å². The maximum atomic E-state index is 12.7. The smallest absolute Gasteiger partial charge is 0.270 e. The van der Waals surface area contributed by atoms with E-state index in [4.69, 9.17) is 13.9 Å². The average Bonchev–Trinajstić information content (AvgIpc) is 3.31. The lowest BCUT2D eigenvalue weighted by molar-refractivity contribution is 0.0941. The molecule has 2 aromatic heterocycles. The van der Waals surface area contributed by atoms with Crippen molar-refractivity contribution >= 4 is 5.91 Å². The van der Waals surface area contributed by atoms with Crippen LogP contribution < -0.4 is 10.1 Å². The number of carbonyl (C=O) groups excluding carboxylic acids is 1. The molecule has 1 aromatic carbocycles. The Morgan fingerprint density at radius 2 is 1.96 bits per heavy atom. The number of carbonyl (C=O) groups is 1. The van der Waals surface area contributed by atoms with Crippen LogP contribution in [-0.4, -0.2) is 43.1 Å². The van der Waals surface area contributed by atoms with E-state index in [9.17, 15) is 4.79 Å². The summed E-state index contributed by atoms with van der Waals surface area (Å²) in [5.41, 5.74) is 1.79. The molecule has 7 nitrogen and oxygen atoms in total. The molecule has 142 valence electrons. The van der Waals surface area contributed by atoms with Crippen molar-refractivity contribution in [1.29, 1.82) is 0 Å². The molecular formula is C20H23N3O4. The summed E-state index contributed by atoms with van der Waals surface area (Å²) in [6, 6.07) is 12.8. The largest absolute Gasteiger partial charge is 0.497 e. The van der Waals surface area contributed by atoms with Crippen molar-refractivity contribution < 1.29 is 18.7 Å². The van der Waals surface area contributed by atoms with Crippen molar-refractivity contribution in [3.05, 3.63) is 53.9 Å². The number of nitrogens with one attached hydrogen (secondary N) is 1. The molecular weight excluding hydrogens is 346 g/mol. The first-order valence-corrected chi connectivity index (χ1v) is 8.71. The quantitative estimate of drug-likeness (QED) is 0.617. The van der Waals surface area contributed by atoms with Crippen LogP contribution in [0.5, 0.6) is 5.75 Å². The van der Waals surface area contributed by atoms with Gasteiger partial charge in [0.1, 0.15) is 22.9 Å². The number of amides is 1. The van der Waals surface area contributed by atoms with Gasteiger partial charge in [0, 0.05) is 26.3 Å². The van der Waals surface area contributed by atoms with Crippen LogP contribution in [0.2, 0.25) is 0 Å². The normalized spacial score (nSPS) is 10.8. The highest BCUT2D eigenvalue weighted by Gasteiger charge is 2.19. The number of nitrogens with zero attached hydrogens (tertiary/aromatic N) is 2. The molecule has 0 fully saturated rings. The van der Waals surface area contributed by atoms with Gasteiger partial charge >= 0.3 is 0 Å². The number of methoxy groups -OCH3 is 2. The molecule has 0 bridgehead atoms. The summed E-state index contributed by atoms with van der Waals surface area (Å²) < 4.78 is 17.5. The molecule has 0 radical (unpaired) electrons. The number of hydrogen-bond donors (Lipinski definition) is 1.